The third kappa shape index (κ3) is 5.07. The van der Waals surface area contributed by atoms with E-state index in [2.05, 4.69) is 10.3 Å². The van der Waals surface area contributed by atoms with E-state index < -0.39 is 0 Å². The van der Waals surface area contributed by atoms with Gasteiger partial charge in [-0.2, -0.15) is 0 Å². The summed E-state index contributed by atoms with van der Waals surface area (Å²) in [6.45, 7) is 2.04. The first-order valence-corrected chi connectivity index (χ1v) is 10.9. The number of rotatable bonds is 6. The van der Waals surface area contributed by atoms with Gasteiger partial charge in [-0.1, -0.05) is 65.7 Å². The average Bonchev–Trinajstić information content (AvgIpc) is 2.79. The van der Waals surface area contributed by atoms with Gasteiger partial charge in [0.1, 0.15) is 0 Å². The van der Waals surface area contributed by atoms with E-state index in [0.717, 1.165) is 28.5 Å². The predicted molar refractivity (Wildman–Crippen MR) is 128 cm³/mol. The van der Waals surface area contributed by atoms with Crippen molar-refractivity contribution in [1.29, 1.82) is 0 Å². The zero-order valence-corrected chi connectivity index (χ0v) is 18.6. The number of para-hydroxylation sites is 1. The second kappa shape index (κ2) is 9.51. The summed E-state index contributed by atoms with van der Waals surface area (Å²) in [6, 6.07) is 25.0. The first-order chi connectivity index (χ1) is 15.0. The number of carbonyl (C=O) groups is 1. The van der Waals surface area contributed by atoms with Crippen LogP contribution in [-0.2, 0) is 6.42 Å². The molecule has 0 saturated heterocycles. The van der Waals surface area contributed by atoms with Gasteiger partial charge in [-0.3, -0.25) is 9.78 Å². The smallest absolute Gasteiger partial charge is 0.252 e. The molecule has 1 amide bonds. The predicted octanol–water partition coefficient (Wildman–Crippen LogP) is 6.69. The lowest BCUT2D eigenvalue weighted by Crippen LogP contribution is -2.38. The Labute approximate surface area is 192 Å². The highest BCUT2D eigenvalue weighted by atomic mass is 35.5. The van der Waals surface area contributed by atoms with E-state index in [-0.39, 0.29) is 17.9 Å². The van der Waals surface area contributed by atoms with Crippen molar-refractivity contribution in [2.45, 2.75) is 25.3 Å². The Morgan fingerprint density at radius 3 is 2.26 bits per heavy atom. The van der Waals surface area contributed by atoms with Crippen LogP contribution >= 0.6 is 23.2 Å². The molecule has 1 heterocycles. The minimum absolute atomic E-state index is 0.0653. The fourth-order valence-corrected chi connectivity index (χ4v) is 4.10. The summed E-state index contributed by atoms with van der Waals surface area (Å²) in [5, 5.41) is 5.45. The van der Waals surface area contributed by atoms with Crippen molar-refractivity contribution in [2.75, 3.05) is 0 Å². The minimum atomic E-state index is -0.115. The Hall–Kier alpha value is -2.88. The molecule has 1 aromatic heterocycles. The van der Waals surface area contributed by atoms with Crippen LogP contribution in [0.15, 0.2) is 85.1 Å². The molecule has 2 atom stereocenters. The van der Waals surface area contributed by atoms with Crippen LogP contribution in [0.3, 0.4) is 0 Å². The Morgan fingerprint density at radius 2 is 1.55 bits per heavy atom. The van der Waals surface area contributed by atoms with E-state index in [9.17, 15) is 4.79 Å². The maximum Gasteiger partial charge on any atom is 0.252 e. The largest absolute Gasteiger partial charge is 0.349 e. The van der Waals surface area contributed by atoms with Gasteiger partial charge in [0.25, 0.3) is 5.91 Å². The maximum atomic E-state index is 13.2. The molecule has 3 aromatic carbocycles. The number of benzene rings is 3. The molecule has 4 rings (SSSR count). The van der Waals surface area contributed by atoms with Gasteiger partial charge in [0.15, 0.2) is 0 Å². The highest BCUT2D eigenvalue weighted by Gasteiger charge is 2.23. The van der Waals surface area contributed by atoms with Crippen LogP contribution in [0.5, 0.6) is 0 Å². The Balaban J connectivity index is 1.61. The van der Waals surface area contributed by atoms with Gasteiger partial charge in [0.05, 0.1) is 11.1 Å². The summed E-state index contributed by atoms with van der Waals surface area (Å²) in [5.74, 6) is -0.0448. The van der Waals surface area contributed by atoms with E-state index in [1.165, 1.54) is 0 Å². The van der Waals surface area contributed by atoms with Crippen LogP contribution in [0.2, 0.25) is 10.0 Å². The minimum Gasteiger partial charge on any atom is -0.349 e. The van der Waals surface area contributed by atoms with Crippen molar-refractivity contribution in [2.24, 2.45) is 0 Å². The lowest BCUT2D eigenvalue weighted by molar-refractivity contribution is 0.0936. The van der Waals surface area contributed by atoms with Gasteiger partial charge in [0.2, 0.25) is 0 Å². The molecular formula is C26H22Cl2N2O. The van der Waals surface area contributed by atoms with Crippen LogP contribution in [0, 0.1) is 0 Å². The van der Waals surface area contributed by atoms with Gasteiger partial charge in [0, 0.05) is 33.6 Å². The molecule has 5 heteroatoms. The van der Waals surface area contributed by atoms with Crippen molar-refractivity contribution < 1.29 is 4.79 Å². The van der Waals surface area contributed by atoms with Gasteiger partial charge < -0.3 is 5.32 Å². The summed E-state index contributed by atoms with van der Waals surface area (Å²) in [7, 11) is 0. The fraction of sp³-hybridized carbons (Fsp3) is 0.154. The third-order valence-electron chi connectivity index (χ3n) is 5.52. The molecule has 0 aliphatic rings. The van der Waals surface area contributed by atoms with E-state index in [4.69, 9.17) is 23.2 Å². The molecular weight excluding hydrogens is 427 g/mol. The van der Waals surface area contributed by atoms with Crippen LogP contribution in [0.4, 0.5) is 0 Å². The summed E-state index contributed by atoms with van der Waals surface area (Å²) in [4.78, 5) is 17.5. The van der Waals surface area contributed by atoms with Gasteiger partial charge in [-0.25, -0.2) is 0 Å². The number of fused-ring (bicyclic) bond motifs is 1. The lowest BCUT2D eigenvalue weighted by Gasteiger charge is -2.26. The van der Waals surface area contributed by atoms with Crippen LogP contribution in [0.25, 0.3) is 10.9 Å². The number of hydrogen-bond donors (Lipinski definition) is 1. The summed E-state index contributed by atoms with van der Waals surface area (Å²) >= 11 is 12.2. The van der Waals surface area contributed by atoms with Crippen molar-refractivity contribution in [1.82, 2.24) is 10.3 Å². The second-order valence-corrected chi connectivity index (χ2v) is 8.50. The van der Waals surface area contributed by atoms with Crippen LogP contribution < -0.4 is 5.32 Å². The molecule has 1 N–H and O–H groups in total. The van der Waals surface area contributed by atoms with Gasteiger partial charge in [-0.05, 0) is 60.9 Å². The highest BCUT2D eigenvalue weighted by molar-refractivity contribution is 6.30. The van der Waals surface area contributed by atoms with Crippen molar-refractivity contribution in [3.8, 4) is 0 Å². The number of aromatic nitrogens is 1. The molecule has 0 bridgehead atoms. The summed E-state index contributed by atoms with van der Waals surface area (Å²) < 4.78 is 0. The number of pyridine rings is 1. The monoisotopic (exact) mass is 448 g/mol. The van der Waals surface area contributed by atoms with E-state index in [0.29, 0.717) is 15.6 Å². The molecule has 4 aromatic rings. The summed E-state index contributed by atoms with van der Waals surface area (Å²) in [6.07, 6.45) is 2.43. The number of nitrogens with one attached hydrogen (secondary N) is 1. The third-order valence-corrected chi connectivity index (χ3v) is 6.03. The van der Waals surface area contributed by atoms with Crippen molar-refractivity contribution in [3.05, 3.63) is 112 Å². The number of hydrogen-bond acceptors (Lipinski definition) is 2. The first-order valence-electron chi connectivity index (χ1n) is 10.2. The molecule has 0 saturated carbocycles. The summed E-state index contributed by atoms with van der Waals surface area (Å²) in [5.41, 5.74) is 3.70. The lowest BCUT2D eigenvalue weighted by atomic mass is 9.86. The molecule has 1 unspecified atom stereocenters. The Kier molecular flexibility index (Phi) is 6.55. The normalized spacial score (nSPS) is 13.0. The number of nitrogens with zero attached hydrogens (tertiary/aromatic N) is 1. The quantitative estimate of drug-likeness (QED) is 0.357. The Morgan fingerprint density at radius 1 is 0.903 bits per heavy atom. The van der Waals surface area contributed by atoms with E-state index in [1.54, 1.807) is 12.3 Å². The van der Waals surface area contributed by atoms with Crippen molar-refractivity contribution >= 4 is 40.0 Å². The fourth-order valence-electron chi connectivity index (χ4n) is 3.85. The van der Waals surface area contributed by atoms with E-state index in [1.807, 2.05) is 79.7 Å². The molecule has 0 aliphatic carbocycles. The molecule has 156 valence electrons. The number of halogens is 2. The molecule has 0 aliphatic heterocycles. The molecule has 31 heavy (non-hydrogen) atoms. The standard InChI is InChI=1S/C26H22Cl2N2O/c1-17(30-26(31)23-14-15-29-25-5-3-2-4-22(23)25)24(19-8-12-21(28)13-9-19)16-18-6-10-20(27)11-7-18/h2-15,17,24H,16H2,1H3,(H,30,31)/t17?,24-/m0/s1. The van der Waals surface area contributed by atoms with Gasteiger partial charge in [-0.15, -0.1) is 0 Å². The van der Waals surface area contributed by atoms with Gasteiger partial charge >= 0.3 is 0 Å². The SMILES string of the molecule is CC(NC(=O)c1ccnc2ccccc12)[C@H](Cc1ccc(Cl)cc1)c1ccc(Cl)cc1. The molecule has 0 spiro atoms. The van der Waals surface area contributed by atoms with Crippen LogP contribution in [-0.4, -0.2) is 16.9 Å². The number of carbonyl (C=O) groups excluding carboxylic acids is 1. The number of amides is 1. The average molecular weight is 449 g/mol. The zero-order valence-electron chi connectivity index (χ0n) is 17.1. The van der Waals surface area contributed by atoms with Crippen molar-refractivity contribution in [3.63, 3.8) is 0 Å². The zero-order chi connectivity index (χ0) is 21.8. The molecule has 0 fully saturated rings. The van der Waals surface area contributed by atoms with Crippen LogP contribution in [0.1, 0.15) is 34.3 Å². The molecule has 0 radical (unpaired) electrons. The Bertz CT molecular complexity index is 1180. The highest BCUT2D eigenvalue weighted by Crippen LogP contribution is 2.27. The first kappa shape index (κ1) is 21.4. The topological polar surface area (TPSA) is 42.0 Å². The molecule has 3 nitrogen and oxygen atoms in total. The van der Waals surface area contributed by atoms with E-state index >= 15 is 0 Å². The second-order valence-electron chi connectivity index (χ2n) is 7.63. The maximum absolute atomic E-state index is 13.2.